The van der Waals surface area contributed by atoms with E-state index < -0.39 is 0 Å². The second kappa shape index (κ2) is 7.80. The Balaban J connectivity index is 1.60. The molecule has 0 saturated carbocycles. The van der Waals surface area contributed by atoms with E-state index >= 15 is 0 Å². The van der Waals surface area contributed by atoms with E-state index in [1.54, 1.807) is 23.3 Å². The molecular formula is C19H19ClN4O2S. The second-order valence-corrected chi connectivity index (χ2v) is 7.84. The maximum absolute atomic E-state index is 12.6. The van der Waals surface area contributed by atoms with Gasteiger partial charge in [0.05, 0.1) is 30.0 Å². The third kappa shape index (κ3) is 3.90. The Hall–Kier alpha value is -2.22. The van der Waals surface area contributed by atoms with Crippen LogP contribution in [0, 0.1) is 0 Å². The van der Waals surface area contributed by atoms with Gasteiger partial charge in [-0.1, -0.05) is 18.2 Å². The second-order valence-electron chi connectivity index (χ2n) is 6.37. The Bertz CT molecular complexity index is 957. The van der Waals surface area contributed by atoms with Crippen LogP contribution in [-0.2, 0) is 11.3 Å². The van der Waals surface area contributed by atoms with E-state index in [0.717, 1.165) is 34.0 Å². The number of benzene rings is 1. The highest BCUT2D eigenvalue weighted by Gasteiger charge is 2.20. The van der Waals surface area contributed by atoms with Crippen LogP contribution in [0.1, 0.15) is 15.2 Å². The maximum Gasteiger partial charge on any atom is 0.253 e. The largest absolute Gasteiger partial charge is 0.378 e. The standard InChI is InChI=1S/C19H19ClN4O2S/c1-23(18(25)13-5-3-2-4-6-13)12-14-11-15-16(27-14)17(22-19(20)21-15)24-7-9-26-10-8-24/h2-6,11H,7-10,12H2,1H3. The fraction of sp³-hybridized carbons (Fsp3) is 0.316. The van der Waals surface area contributed by atoms with E-state index in [1.165, 1.54) is 0 Å². The Morgan fingerprint density at radius 2 is 2.00 bits per heavy atom. The van der Waals surface area contributed by atoms with Gasteiger partial charge in [0.25, 0.3) is 5.91 Å². The number of thiophene rings is 1. The Morgan fingerprint density at radius 3 is 2.74 bits per heavy atom. The molecule has 27 heavy (non-hydrogen) atoms. The zero-order valence-corrected chi connectivity index (χ0v) is 16.5. The van der Waals surface area contributed by atoms with E-state index in [4.69, 9.17) is 16.3 Å². The predicted molar refractivity (Wildman–Crippen MR) is 108 cm³/mol. The highest BCUT2D eigenvalue weighted by Crippen LogP contribution is 2.34. The van der Waals surface area contributed by atoms with Crippen molar-refractivity contribution in [2.75, 3.05) is 38.3 Å². The average molecular weight is 403 g/mol. The summed E-state index contributed by atoms with van der Waals surface area (Å²) in [6.45, 7) is 3.42. The van der Waals surface area contributed by atoms with Crippen LogP contribution in [-0.4, -0.2) is 54.1 Å². The summed E-state index contributed by atoms with van der Waals surface area (Å²) >= 11 is 7.76. The molecule has 2 aromatic heterocycles. The van der Waals surface area contributed by atoms with E-state index in [9.17, 15) is 4.79 Å². The molecule has 3 heterocycles. The molecule has 0 radical (unpaired) electrons. The third-order valence-electron chi connectivity index (χ3n) is 4.45. The number of morpholine rings is 1. The molecule has 8 heteroatoms. The third-order valence-corrected chi connectivity index (χ3v) is 5.72. The lowest BCUT2D eigenvalue weighted by Gasteiger charge is -2.28. The molecule has 1 aliphatic heterocycles. The van der Waals surface area contributed by atoms with Crippen LogP contribution >= 0.6 is 22.9 Å². The van der Waals surface area contributed by atoms with Gasteiger partial charge in [0.2, 0.25) is 5.28 Å². The summed E-state index contributed by atoms with van der Waals surface area (Å²) in [5.41, 5.74) is 1.50. The van der Waals surface area contributed by atoms with Gasteiger partial charge in [0.1, 0.15) is 0 Å². The summed E-state index contributed by atoms with van der Waals surface area (Å²) in [5.74, 6) is 0.840. The molecule has 1 aliphatic rings. The molecule has 1 fully saturated rings. The van der Waals surface area contributed by atoms with Gasteiger partial charge < -0.3 is 14.5 Å². The number of ether oxygens (including phenoxy) is 1. The summed E-state index contributed by atoms with van der Waals surface area (Å²) in [6.07, 6.45) is 0. The summed E-state index contributed by atoms with van der Waals surface area (Å²) in [7, 11) is 1.81. The zero-order chi connectivity index (χ0) is 18.8. The summed E-state index contributed by atoms with van der Waals surface area (Å²) in [4.78, 5) is 26.3. The lowest BCUT2D eigenvalue weighted by molar-refractivity contribution is 0.0786. The first kappa shape index (κ1) is 18.2. The number of anilines is 1. The number of hydrogen-bond donors (Lipinski definition) is 0. The topological polar surface area (TPSA) is 58.6 Å². The molecule has 1 saturated heterocycles. The molecule has 0 aliphatic carbocycles. The first-order chi connectivity index (χ1) is 13.1. The summed E-state index contributed by atoms with van der Waals surface area (Å²) < 4.78 is 6.43. The molecule has 0 spiro atoms. The SMILES string of the molecule is CN(Cc1cc2nc(Cl)nc(N3CCOCC3)c2s1)C(=O)c1ccccc1. The average Bonchev–Trinajstić information content (AvgIpc) is 3.10. The molecule has 1 aromatic carbocycles. The fourth-order valence-electron chi connectivity index (χ4n) is 3.11. The van der Waals surface area contributed by atoms with Gasteiger partial charge in [-0.25, -0.2) is 4.98 Å². The Morgan fingerprint density at radius 1 is 1.26 bits per heavy atom. The van der Waals surface area contributed by atoms with Crippen LogP contribution in [0.2, 0.25) is 5.28 Å². The van der Waals surface area contributed by atoms with Crippen molar-refractivity contribution in [1.82, 2.24) is 14.9 Å². The minimum absolute atomic E-state index is 0.00873. The molecule has 0 atom stereocenters. The number of amides is 1. The molecule has 0 unspecified atom stereocenters. The molecule has 1 amide bonds. The molecule has 6 nitrogen and oxygen atoms in total. The number of rotatable bonds is 4. The molecule has 0 N–H and O–H groups in total. The van der Waals surface area contributed by atoms with Gasteiger partial charge in [-0.3, -0.25) is 4.79 Å². The molecule has 3 aromatic rings. The number of fused-ring (bicyclic) bond motifs is 1. The summed E-state index contributed by atoms with van der Waals surface area (Å²) in [6, 6.07) is 11.3. The van der Waals surface area contributed by atoms with Crippen molar-refractivity contribution in [3.05, 3.63) is 52.1 Å². The van der Waals surface area contributed by atoms with Gasteiger partial charge in [-0.05, 0) is 29.8 Å². The van der Waals surface area contributed by atoms with Crippen molar-refractivity contribution in [2.24, 2.45) is 0 Å². The molecular weight excluding hydrogens is 384 g/mol. The van der Waals surface area contributed by atoms with Gasteiger partial charge in [-0.2, -0.15) is 4.98 Å². The highest BCUT2D eigenvalue weighted by molar-refractivity contribution is 7.19. The van der Waals surface area contributed by atoms with E-state index in [1.807, 2.05) is 36.4 Å². The number of nitrogens with zero attached hydrogens (tertiary/aromatic N) is 4. The van der Waals surface area contributed by atoms with E-state index in [2.05, 4.69) is 14.9 Å². The predicted octanol–water partition coefficient (Wildman–Crippen LogP) is 3.45. The monoisotopic (exact) mass is 402 g/mol. The molecule has 140 valence electrons. The zero-order valence-electron chi connectivity index (χ0n) is 14.9. The van der Waals surface area contributed by atoms with E-state index in [0.29, 0.717) is 25.3 Å². The molecule has 0 bridgehead atoms. The maximum atomic E-state index is 12.6. The van der Waals surface area contributed by atoms with Crippen LogP contribution in [0.15, 0.2) is 36.4 Å². The number of carbonyl (C=O) groups excluding carboxylic acids is 1. The Labute approximate surface area is 166 Å². The lowest BCUT2D eigenvalue weighted by Crippen LogP contribution is -2.36. The van der Waals surface area contributed by atoms with Crippen LogP contribution in [0.4, 0.5) is 5.82 Å². The Kier molecular flexibility index (Phi) is 5.24. The number of carbonyl (C=O) groups is 1. The van der Waals surface area contributed by atoms with Gasteiger partial charge in [0.15, 0.2) is 5.82 Å². The van der Waals surface area contributed by atoms with Crippen molar-refractivity contribution in [3.8, 4) is 0 Å². The van der Waals surface area contributed by atoms with E-state index in [-0.39, 0.29) is 11.2 Å². The number of hydrogen-bond acceptors (Lipinski definition) is 6. The normalized spacial score (nSPS) is 14.5. The summed E-state index contributed by atoms with van der Waals surface area (Å²) in [5, 5.41) is 0.238. The quantitative estimate of drug-likeness (QED) is 0.625. The van der Waals surface area contributed by atoms with Crippen LogP contribution in [0.5, 0.6) is 0 Å². The minimum atomic E-state index is -0.00873. The van der Waals surface area contributed by atoms with Crippen LogP contribution in [0.25, 0.3) is 10.2 Å². The van der Waals surface area contributed by atoms with Crippen molar-refractivity contribution >= 4 is 44.9 Å². The van der Waals surface area contributed by atoms with Gasteiger partial charge in [0, 0.05) is 30.6 Å². The van der Waals surface area contributed by atoms with Crippen molar-refractivity contribution in [1.29, 1.82) is 0 Å². The van der Waals surface area contributed by atoms with Crippen LogP contribution < -0.4 is 4.90 Å². The smallest absolute Gasteiger partial charge is 0.253 e. The van der Waals surface area contributed by atoms with Crippen molar-refractivity contribution in [3.63, 3.8) is 0 Å². The fourth-order valence-corrected chi connectivity index (χ4v) is 4.45. The minimum Gasteiger partial charge on any atom is -0.378 e. The first-order valence-electron chi connectivity index (χ1n) is 8.71. The van der Waals surface area contributed by atoms with Crippen LogP contribution in [0.3, 0.4) is 0 Å². The van der Waals surface area contributed by atoms with Gasteiger partial charge in [-0.15, -0.1) is 11.3 Å². The lowest BCUT2D eigenvalue weighted by atomic mass is 10.2. The van der Waals surface area contributed by atoms with Crippen molar-refractivity contribution in [2.45, 2.75) is 6.54 Å². The highest BCUT2D eigenvalue weighted by atomic mass is 35.5. The van der Waals surface area contributed by atoms with Crippen molar-refractivity contribution < 1.29 is 9.53 Å². The number of halogens is 1. The first-order valence-corrected chi connectivity index (χ1v) is 9.90. The van der Waals surface area contributed by atoms with Gasteiger partial charge >= 0.3 is 0 Å². The molecule has 4 rings (SSSR count). The number of aromatic nitrogens is 2.